The van der Waals surface area contributed by atoms with E-state index in [-0.39, 0.29) is 5.91 Å². The van der Waals surface area contributed by atoms with Crippen molar-refractivity contribution >= 4 is 33.2 Å². The SMILES string of the molecule is COc1ccccc1NC1C(=O)Nc2ccc(Br)cc21. The Bertz CT molecular complexity index is 673. The Balaban J connectivity index is 1.96. The van der Waals surface area contributed by atoms with E-state index in [1.807, 2.05) is 42.5 Å². The molecule has 1 atom stereocenters. The van der Waals surface area contributed by atoms with Crippen molar-refractivity contribution in [2.75, 3.05) is 17.7 Å². The zero-order chi connectivity index (χ0) is 14.1. The van der Waals surface area contributed by atoms with Crippen LogP contribution in [-0.4, -0.2) is 13.0 Å². The van der Waals surface area contributed by atoms with Crippen LogP contribution in [-0.2, 0) is 4.79 Å². The number of rotatable bonds is 3. The van der Waals surface area contributed by atoms with E-state index in [1.165, 1.54) is 0 Å². The summed E-state index contributed by atoms with van der Waals surface area (Å²) in [5, 5.41) is 6.11. The number of methoxy groups -OCH3 is 1. The second kappa shape index (κ2) is 5.17. The molecule has 0 bridgehead atoms. The second-order valence-electron chi connectivity index (χ2n) is 4.50. The predicted octanol–water partition coefficient (Wildman–Crippen LogP) is 3.56. The molecule has 1 aliphatic rings. The molecule has 2 N–H and O–H groups in total. The number of fused-ring (bicyclic) bond motifs is 1. The van der Waals surface area contributed by atoms with Gasteiger partial charge in [0.05, 0.1) is 12.8 Å². The van der Waals surface area contributed by atoms with Crippen LogP contribution in [0.3, 0.4) is 0 Å². The molecule has 20 heavy (non-hydrogen) atoms. The van der Waals surface area contributed by atoms with E-state index in [0.717, 1.165) is 21.4 Å². The Morgan fingerprint density at radius 2 is 2.05 bits per heavy atom. The maximum absolute atomic E-state index is 12.1. The third-order valence-electron chi connectivity index (χ3n) is 3.25. The largest absolute Gasteiger partial charge is 0.495 e. The number of anilines is 2. The van der Waals surface area contributed by atoms with Gasteiger partial charge in [-0.15, -0.1) is 0 Å². The average molecular weight is 333 g/mol. The lowest BCUT2D eigenvalue weighted by atomic mass is 10.1. The number of nitrogens with one attached hydrogen (secondary N) is 2. The average Bonchev–Trinajstić information content (AvgIpc) is 2.76. The van der Waals surface area contributed by atoms with E-state index in [2.05, 4.69) is 26.6 Å². The lowest BCUT2D eigenvalue weighted by Gasteiger charge is -2.15. The van der Waals surface area contributed by atoms with Crippen LogP contribution in [0.4, 0.5) is 11.4 Å². The fourth-order valence-corrected chi connectivity index (χ4v) is 2.67. The Kier molecular flexibility index (Phi) is 3.36. The number of hydrogen-bond donors (Lipinski definition) is 2. The zero-order valence-corrected chi connectivity index (χ0v) is 12.4. The molecule has 0 saturated heterocycles. The van der Waals surface area contributed by atoms with E-state index in [4.69, 9.17) is 4.74 Å². The summed E-state index contributed by atoms with van der Waals surface area (Å²) in [6, 6.07) is 12.9. The van der Waals surface area contributed by atoms with Crippen molar-refractivity contribution in [3.63, 3.8) is 0 Å². The van der Waals surface area contributed by atoms with Gasteiger partial charge < -0.3 is 15.4 Å². The Hall–Kier alpha value is -2.01. The molecule has 0 aromatic heterocycles. The third-order valence-corrected chi connectivity index (χ3v) is 3.74. The molecule has 3 rings (SSSR count). The number of hydrogen-bond acceptors (Lipinski definition) is 3. The summed E-state index contributed by atoms with van der Waals surface area (Å²) in [4.78, 5) is 12.1. The Morgan fingerprint density at radius 3 is 2.85 bits per heavy atom. The number of ether oxygens (including phenoxy) is 1. The first kappa shape index (κ1) is 13.0. The number of carbonyl (C=O) groups is 1. The zero-order valence-electron chi connectivity index (χ0n) is 10.8. The summed E-state index contributed by atoms with van der Waals surface area (Å²) in [5.74, 6) is 0.646. The molecule has 5 heteroatoms. The first-order valence-electron chi connectivity index (χ1n) is 6.19. The van der Waals surface area contributed by atoms with Crippen LogP contribution >= 0.6 is 15.9 Å². The van der Waals surface area contributed by atoms with E-state index in [1.54, 1.807) is 7.11 Å². The first-order chi connectivity index (χ1) is 9.69. The lowest BCUT2D eigenvalue weighted by molar-refractivity contribution is -0.116. The summed E-state index contributed by atoms with van der Waals surface area (Å²) in [6.45, 7) is 0. The van der Waals surface area contributed by atoms with E-state index in [0.29, 0.717) is 5.75 Å². The van der Waals surface area contributed by atoms with Crippen molar-refractivity contribution in [1.29, 1.82) is 0 Å². The summed E-state index contributed by atoms with van der Waals surface area (Å²) < 4.78 is 6.24. The quantitative estimate of drug-likeness (QED) is 0.903. The molecule has 2 aromatic carbocycles. The topological polar surface area (TPSA) is 50.4 Å². The number of benzene rings is 2. The van der Waals surface area contributed by atoms with Crippen molar-refractivity contribution in [2.24, 2.45) is 0 Å². The van der Waals surface area contributed by atoms with Gasteiger partial charge in [-0.1, -0.05) is 28.1 Å². The molecule has 0 fully saturated rings. The van der Waals surface area contributed by atoms with Crippen molar-refractivity contribution in [3.8, 4) is 5.75 Å². The minimum absolute atomic E-state index is 0.0657. The van der Waals surface area contributed by atoms with Gasteiger partial charge in [-0.2, -0.15) is 0 Å². The van der Waals surface area contributed by atoms with Crippen LogP contribution in [0.5, 0.6) is 5.75 Å². The van der Waals surface area contributed by atoms with Crippen molar-refractivity contribution in [2.45, 2.75) is 6.04 Å². The molecule has 4 nitrogen and oxygen atoms in total. The molecule has 0 spiro atoms. The fourth-order valence-electron chi connectivity index (χ4n) is 2.30. The normalized spacial score (nSPS) is 16.5. The summed E-state index contributed by atoms with van der Waals surface area (Å²) in [7, 11) is 1.61. The van der Waals surface area contributed by atoms with Crippen LogP contribution in [0, 0.1) is 0 Å². The smallest absolute Gasteiger partial charge is 0.251 e. The highest BCUT2D eigenvalue weighted by Gasteiger charge is 2.31. The summed E-state index contributed by atoms with van der Waals surface area (Å²) in [5.41, 5.74) is 2.56. The van der Waals surface area contributed by atoms with E-state index >= 15 is 0 Å². The maximum atomic E-state index is 12.1. The molecule has 1 aliphatic heterocycles. The number of amides is 1. The van der Waals surface area contributed by atoms with Gasteiger partial charge in [-0.3, -0.25) is 4.79 Å². The van der Waals surface area contributed by atoms with Crippen LogP contribution < -0.4 is 15.4 Å². The number of halogens is 1. The molecule has 0 saturated carbocycles. The van der Waals surface area contributed by atoms with Crippen LogP contribution in [0.2, 0.25) is 0 Å². The van der Waals surface area contributed by atoms with Crippen LogP contribution in [0.1, 0.15) is 11.6 Å². The number of para-hydroxylation sites is 2. The summed E-state index contributed by atoms with van der Waals surface area (Å²) in [6.07, 6.45) is 0. The molecule has 0 radical (unpaired) electrons. The van der Waals surface area contributed by atoms with Gasteiger partial charge in [-0.25, -0.2) is 0 Å². The molecular formula is C15H13BrN2O2. The standard InChI is InChI=1S/C15H13BrN2O2/c1-20-13-5-3-2-4-12(13)17-14-10-8-9(16)6-7-11(10)18-15(14)19/h2-8,14,17H,1H3,(H,18,19). The van der Waals surface area contributed by atoms with Crippen LogP contribution in [0.25, 0.3) is 0 Å². The molecule has 102 valence electrons. The Morgan fingerprint density at radius 1 is 1.25 bits per heavy atom. The number of carbonyl (C=O) groups excluding carboxylic acids is 1. The van der Waals surface area contributed by atoms with Gasteiger partial charge in [0.25, 0.3) is 5.91 Å². The van der Waals surface area contributed by atoms with Gasteiger partial charge >= 0.3 is 0 Å². The van der Waals surface area contributed by atoms with E-state index in [9.17, 15) is 4.79 Å². The molecule has 1 amide bonds. The first-order valence-corrected chi connectivity index (χ1v) is 6.98. The fraction of sp³-hybridized carbons (Fsp3) is 0.133. The maximum Gasteiger partial charge on any atom is 0.251 e. The minimum atomic E-state index is -0.418. The minimum Gasteiger partial charge on any atom is -0.495 e. The van der Waals surface area contributed by atoms with Gasteiger partial charge in [0, 0.05) is 15.7 Å². The molecule has 1 heterocycles. The Labute approximate surface area is 125 Å². The van der Waals surface area contributed by atoms with Gasteiger partial charge in [0.2, 0.25) is 0 Å². The molecule has 2 aromatic rings. The lowest BCUT2D eigenvalue weighted by Crippen LogP contribution is -2.20. The van der Waals surface area contributed by atoms with Crippen molar-refractivity contribution in [1.82, 2.24) is 0 Å². The van der Waals surface area contributed by atoms with Crippen molar-refractivity contribution < 1.29 is 9.53 Å². The van der Waals surface area contributed by atoms with Crippen LogP contribution in [0.15, 0.2) is 46.9 Å². The monoisotopic (exact) mass is 332 g/mol. The van der Waals surface area contributed by atoms with Gasteiger partial charge in [-0.05, 0) is 30.3 Å². The molecule has 1 unspecified atom stereocenters. The molecular weight excluding hydrogens is 320 g/mol. The second-order valence-corrected chi connectivity index (χ2v) is 5.41. The van der Waals surface area contributed by atoms with Crippen molar-refractivity contribution in [3.05, 3.63) is 52.5 Å². The molecule has 0 aliphatic carbocycles. The highest BCUT2D eigenvalue weighted by atomic mass is 79.9. The predicted molar refractivity (Wildman–Crippen MR) is 82.1 cm³/mol. The van der Waals surface area contributed by atoms with Gasteiger partial charge in [0.15, 0.2) is 0 Å². The van der Waals surface area contributed by atoms with E-state index < -0.39 is 6.04 Å². The highest BCUT2D eigenvalue weighted by molar-refractivity contribution is 9.10. The van der Waals surface area contributed by atoms with Gasteiger partial charge in [0.1, 0.15) is 11.8 Å². The highest BCUT2D eigenvalue weighted by Crippen LogP contribution is 2.36. The summed E-state index contributed by atoms with van der Waals surface area (Å²) >= 11 is 3.43. The third kappa shape index (κ3) is 2.25.